The average Bonchev–Trinajstić information content (AvgIpc) is 3.07. The lowest BCUT2D eigenvalue weighted by Gasteiger charge is -2.36. The summed E-state index contributed by atoms with van der Waals surface area (Å²) < 4.78 is 0. The predicted molar refractivity (Wildman–Crippen MR) is 84.6 cm³/mol. The molecule has 0 aliphatic heterocycles. The Bertz CT molecular complexity index is 357. The van der Waals surface area contributed by atoms with Crippen LogP contribution in [0.5, 0.6) is 0 Å². The second-order valence-corrected chi connectivity index (χ2v) is 7.28. The summed E-state index contributed by atoms with van der Waals surface area (Å²) in [4.78, 5) is 4.10. The summed E-state index contributed by atoms with van der Waals surface area (Å²) in [6.07, 6.45) is 2.76. The molecule has 2 unspecified atom stereocenters. The van der Waals surface area contributed by atoms with E-state index >= 15 is 0 Å². The minimum atomic E-state index is 0.598. The van der Waals surface area contributed by atoms with E-state index in [1.165, 1.54) is 17.7 Å². The summed E-state index contributed by atoms with van der Waals surface area (Å²) in [7, 11) is 0. The summed E-state index contributed by atoms with van der Waals surface area (Å²) in [5.74, 6) is 0.697. The fraction of sp³-hybridized carbons (Fsp3) is 0.750. The van der Waals surface area contributed by atoms with Gasteiger partial charge in [0, 0.05) is 29.5 Å². The fourth-order valence-electron chi connectivity index (χ4n) is 2.52. The quantitative estimate of drug-likeness (QED) is 0.780. The summed E-state index contributed by atoms with van der Waals surface area (Å²) in [5.41, 5.74) is 0. The van der Waals surface area contributed by atoms with Crippen LogP contribution in [0.3, 0.4) is 0 Å². The van der Waals surface area contributed by atoms with Gasteiger partial charge in [0.25, 0.3) is 0 Å². The van der Waals surface area contributed by atoms with Crippen molar-refractivity contribution in [3.63, 3.8) is 0 Å². The van der Waals surface area contributed by atoms with Gasteiger partial charge in [-0.2, -0.15) is 0 Å². The van der Waals surface area contributed by atoms with Crippen molar-refractivity contribution in [3.8, 4) is 0 Å². The van der Waals surface area contributed by atoms with Crippen LogP contribution in [0.1, 0.15) is 45.4 Å². The SMILES string of the molecule is CC(CNC1CC1)C(C)N(Cc1cccs1)C(C)C. The Morgan fingerprint density at radius 2 is 2.05 bits per heavy atom. The van der Waals surface area contributed by atoms with Gasteiger partial charge in [0.05, 0.1) is 0 Å². The molecule has 1 aromatic heterocycles. The standard InChI is InChI=1S/C16H28N2S/c1-12(2)18(11-16-6-5-9-19-16)14(4)13(3)10-17-15-7-8-15/h5-6,9,12-15,17H,7-8,10-11H2,1-4H3. The first kappa shape index (κ1) is 15.0. The third kappa shape index (κ3) is 4.59. The van der Waals surface area contributed by atoms with E-state index in [9.17, 15) is 0 Å². The molecule has 0 amide bonds. The Labute approximate surface area is 122 Å². The second kappa shape index (κ2) is 6.87. The monoisotopic (exact) mass is 280 g/mol. The van der Waals surface area contributed by atoms with Gasteiger partial charge in [-0.15, -0.1) is 11.3 Å². The smallest absolute Gasteiger partial charge is 0.0333 e. The molecule has 1 heterocycles. The molecule has 108 valence electrons. The molecule has 0 saturated heterocycles. The van der Waals surface area contributed by atoms with Crippen molar-refractivity contribution in [3.05, 3.63) is 22.4 Å². The molecule has 19 heavy (non-hydrogen) atoms. The first-order valence-electron chi connectivity index (χ1n) is 7.59. The minimum Gasteiger partial charge on any atom is -0.314 e. The summed E-state index contributed by atoms with van der Waals surface area (Å²) >= 11 is 1.87. The van der Waals surface area contributed by atoms with E-state index in [4.69, 9.17) is 0 Å². The predicted octanol–water partition coefficient (Wildman–Crippen LogP) is 3.74. The maximum absolute atomic E-state index is 3.67. The van der Waals surface area contributed by atoms with Crippen LogP contribution >= 0.6 is 11.3 Å². The molecule has 0 aromatic carbocycles. The number of nitrogens with one attached hydrogen (secondary N) is 1. The first-order chi connectivity index (χ1) is 9.08. The lowest BCUT2D eigenvalue weighted by Crippen LogP contribution is -2.44. The Morgan fingerprint density at radius 1 is 1.32 bits per heavy atom. The number of hydrogen-bond acceptors (Lipinski definition) is 3. The molecule has 3 heteroatoms. The molecule has 1 aliphatic carbocycles. The van der Waals surface area contributed by atoms with Gasteiger partial charge < -0.3 is 5.32 Å². The van der Waals surface area contributed by atoms with Crippen LogP contribution in [0.25, 0.3) is 0 Å². The van der Waals surface area contributed by atoms with Crippen molar-refractivity contribution in [2.45, 2.75) is 65.2 Å². The van der Waals surface area contributed by atoms with E-state index < -0.39 is 0 Å². The van der Waals surface area contributed by atoms with E-state index in [1.807, 2.05) is 11.3 Å². The van der Waals surface area contributed by atoms with Crippen LogP contribution < -0.4 is 5.32 Å². The fourth-order valence-corrected chi connectivity index (χ4v) is 3.23. The largest absolute Gasteiger partial charge is 0.314 e. The Balaban J connectivity index is 1.88. The zero-order valence-corrected chi connectivity index (χ0v) is 13.5. The highest BCUT2D eigenvalue weighted by atomic mass is 32.1. The van der Waals surface area contributed by atoms with Gasteiger partial charge in [0.2, 0.25) is 0 Å². The highest BCUT2D eigenvalue weighted by molar-refractivity contribution is 7.09. The number of rotatable bonds is 8. The Kier molecular flexibility index (Phi) is 5.43. The van der Waals surface area contributed by atoms with Crippen molar-refractivity contribution >= 4 is 11.3 Å². The topological polar surface area (TPSA) is 15.3 Å². The van der Waals surface area contributed by atoms with Crippen molar-refractivity contribution in [1.82, 2.24) is 10.2 Å². The van der Waals surface area contributed by atoms with Gasteiger partial charge in [-0.3, -0.25) is 4.90 Å². The van der Waals surface area contributed by atoms with Crippen LogP contribution in [0.15, 0.2) is 17.5 Å². The van der Waals surface area contributed by atoms with Crippen molar-refractivity contribution in [2.75, 3.05) is 6.54 Å². The molecular weight excluding hydrogens is 252 g/mol. The molecule has 2 atom stereocenters. The highest BCUT2D eigenvalue weighted by Crippen LogP contribution is 2.22. The highest BCUT2D eigenvalue weighted by Gasteiger charge is 2.26. The first-order valence-corrected chi connectivity index (χ1v) is 8.47. The molecule has 1 aliphatic rings. The Morgan fingerprint density at radius 3 is 2.58 bits per heavy atom. The van der Waals surface area contributed by atoms with Crippen LogP contribution in [0, 0.1) is 5.92 Å². The van der Waals surface area contributed by atoms with Crippen molar-refractivity contribution < 1.29 is 0 Å². The van der Waals surface area contributed by atoms with E-state index in [0.717, 1.165) is 19.1 Å². The molecule has 2 nitrogen and oxygen atoms in total. The lowest BCUT2D eigenvalue weighted by atomic mass is 10.0. The molecule has 1 aromatic rings. The van der Waals surface area contributed by atoms with Gasteiger partial charge in [-0.1, -0.05) is 13.0 Å². The molecule has 0 bridgehead atoms. The number of hydrogen-bond donors (Lipinski definition) is 1. The zero-order chi connectivity index (χ0) is 13.8. The summed E-state index contributed by atoms with van der Waals surface area (Å²) in [5, 5.41) is 5.84. The van der Waals surface area contributed by atoms with Gasteiger partial charge >= 0.3 is 0 Å². The zero-order valence-electron chi connectivity index (χ0n) is 12.7. The van der Waals surface area contributed by atoms with Crippen LogP contribution in [0.2, 0.25) is 0 Å². The van der Waals surface area contributed by atoms with E-state index in [-0.39, 0.29) is 0 Å². The third-order valence-corrected chi connectivity index (χ3v) is 5.10. The van der Waals surface area contributed by atoms with Gasteiger partial charge in [0.1, 0.15) is 0 Å². The van der Waals surface area contributed by atoms with Gasteiger partial charge in [-0.25, -0.2) is 0 Å². The van der Waals surface area contributed by atoms with Crippen LogP contribution in [-0.2, 0) is 6.54 Å². The molecule has 2 rings (SSSR count). The Hall–Kier alpha value is -0.380. The molecule has 0 spiro atoms. The lowest BCUT2D eigenvalue weighted by molar-refractivity contribution is 0.116. The molecule has 0 radical (unpaired) electrons. The molecule has 1 fully saturated rings. The van der Waals surface area contributed by atoms with E-state index in [2.05, 4.69) is 55.4 Å². The average molecular weight is 280 g/mol. The number of nitrogens with zero attached hydrogens (tertiary/aromatic N) is 1. The minimum absolute atomic E-state index is 0.598. The third-order valence-electron chi connectivity index (χ3n) is 4.23. The van der Waals surface area contributed by atoms with E-state index in [1.54, 1.807) is 0 Å². The normalized spacial score (nSPS) is 19.1. The molecular formula is C16H28N2S. The maximum Gasteiger partial charge on any atom is 0.0333 e. The van der Waals surface area contributed by atoms with Gasteiger partial charge in [0.15, 0.2) is 0 Å². The summed E-state index contributed by atoms with van der Waals surface area (Å²) in [6, 6.07) is 6.44. The van der Waals surface area contributed by atoms with Crippen LogP contribution in [0.4, 0.5) is 0 Å². The van der Waals surface area contributed by atoms with E-state index in [0.29, 0.717) is 18.0 Å². The molecule has 1 N–H and O–H groups in total. The maximum atomic E-state index is 3.67. The second-order valence-electron chi connectivity index (χ2n) is 6.25. The van der Waals surface area contributed by atoms with Gasteiger partial charge in [-0.05, 0) is 57.5 Å². The number of thiophene rings is 1. The van der Waals surface area contributed by atoms with Crippen LogP contribution in [-0.4, -0.2) is 29.6 Å². The molecule has 1 saturated carbocycles. The van der Waals surface area contributed by atoms with Crippen molar-refractivity contribution in [2.24, 2.45) is 5.92 Å². The van der Waals surface area contributed by atoms with Crippen molar-refractivity contribution in [1.29, 1.82) is 0 Å². The summed E-state index contributed by atoms with van der Waals surface area (Å²) in [6.45, 7) is 11.6.